The zero-order valence-corrected chi connectivity index (χ0v) is 14.0. The van der Waals surface area contributed by atoms with Gasteiger partial charge in [0.1, 0.15) is 11.6 Å². The second kappa shape index (κ2) is 5.49. The normalized spacial score (nSPS) is 22.7. The van der Waals surface area contributed by atoms with E-state index in [0.717, 1.165) is 41.8 Å². The SMILES string of the molecule is Cc1cc(N2CC3CC(C2)N3C(=O)Nc2cccs2)nc(C)n1. The summed E-state index contributed by atoms with van der Waals surface area (Å²) in [5, 5.41) is 5.85. The molecule has 2 unspecified atom stereocenters. The number of fused-ring (bicyclic) bond motifs is 2. The second-order valence-electron chi connectivity index (χ2n) is 6.18. The summed E-state index contributed by atoms with van der Waals surface area (Å²) in [5.41, 5.74) is 0.985. The molecule has 2 atom stereocenters. The molecule has 3 aliphatic rings. The maximum Gasteiger partial charge on any atom is 0.323 e. The van der Waals surface area contributed by atoms with Crippen molar-refractivity contribution in [1.29, 1.82) is 0 Å². The quantitative estimate of drug-likeness (QED) is 0.920. The Balaban J connectivity index is 1.44. The third kappa shape index (κ3) is 2.65. The number of rotatable bonds is 2. The van der Waals surface area contributed by atoms with Crippen LogP contribution < -0.4 is 10.2 Å². The van der Waals surface area contributed by atoms with Crippen LogP contribution in [0.4, 0.5) is 15.6 Å². The van der Waals surface area contributed by atoms with E-state index in [1.165, 1.54) is 0 Å². The van der Waals surface area contributed by atoms with Crippen molar-refractivity contribution in [3.05, 3.63) is 35.1 Å². The van der Waals surface area contributed by atoms with Gasteiger partial charge in [-0.25, -0.2) is 14.8 Å². The highest BCUT2D eigenvalue weighted by Gasteiger charge is 2.47. The molecule has 7 heteroatoms. The molecule has 120 valence electrons. The van der Waals surface area contributed by atoms with E-state index in [2.05, 4.69) is 20.2 Å². The van der Waals surface area contributed by atoms with Gasteiger partial charge in [0.15, 0.2) is 0 Å². The minimum atomic E-state index is 0.0170. The van der Waals surface area contributed by atoms with E-state index in [1.807, 2.05) is 42.3 Å². The summed E-state index contributed by atoms with van der Waals surface area (Å²) in [6, 6.07) is 6.45. The number of aryl methyl sites for hydroxylation is 2. The molecule has 6 nitrogen and oxygen atoms in total. The van der Waals surface area contributed by atoms with Gasteiger partial charge < -0.3 is 9.80 Å². The Bertz CT molecular complexity index is 700. The fraction of sp³-hybridized carbons (Fsp3) is 0.438. The third-order valence-electron chi connectivity index (χ3n) is 4.46. The van der Waals surface area contributed by atoms with Crippen LogP contribution in [0.25, 0.3) is 0 Å². The summed E-state index contributed by atoms with van der Waals surface area (Å²) in [6.45, 7) is 5.58. The lowest BCUT2D eigenvalue weighted by Gasteiger charge is -2.56. The largest absolute Gasteiger partial charge is 0.352 e. The molecule has 5 rings (SSSR count). The van der Waals surface area contributed by atoms with Crippen molar-refractivity contribution in [1.82, 2.24) is 14.9 Å². The van der Waals surface area contributed by atoms with Gasteiger partial charge in [0, 0.05) is 24.8 Å². The highest BCUT2D eigenvalue weighted by molar-refractivity contribution is 7.14. The topological polar surface area (TPSA) is 61.4 Å². The van der Waals surface area contributed by atoms with Crippen LogP contribution >= 0.6 is 11.3 Å². The van der Waals surface area contributed by atoms with Crippen molar-refractivity contribution in [3.63, 3.8) is 0 Å². The Morgan fingerprint density at radius 2 is 2.09 bits per heavy atom. The van der Waals surface area contributed by atoms with Crippen molar-refractivity contribution in [2.24, 2.45) is 0 Å². The lowest BCUT2D eigenvalue weighted by molar-refractivity contribution is 0.0437. The van der Waals surface area contributed by atoms with Crippen LogP contribution in [0.1, 0.15) is 17.9 Å². The molecule has 0 saturated carbocycles. The number of anilines is 2. The molecular weight excluding hydrogens is 310 g/mol. The zero-order chi connectivity index (χ0) is 16.0. The van der Waals surface area contributed by atoms with Crippen molar-refractivity contribution in [2.45, 2.75) is 32.4 Å². The molecule has 3 aliphatic heterocycles. The summed E-state index contributed by atoms with van der Waals surface area (Å²) < 4.78 is 0. The van der Waals surface area contributed by atoms with Crippen molar-refractivity contribution in [2.75, 3.05) is 23.3 Å². The van der Waals surface area contributed by atoms with Gasteiger partial charge in [-0.15, -0.1) is 11.3 Å². The average Bonchev–Trinajstić information content (AvgIpc) is 2.99. The van der Waals surface area contributed by atoms with E-state index in [0.29, 0.717) is 0 Å². The number of hydrogen-bond acceptors (Lipinski definition) is 5. The van der Waals surface area contributed by atoms with E-state index in [-0.39, 0.29) is 18.1 Å². The number of amides is 2. The van der Waals surface area contributed by atoms with Gasteiger partial charge in [0.05, 0.1) is 17.1 Å². The number of nitrogens with zero attached hydrogens (tertiary/aromatic N) is 4. The van der Waals surface area contributed by atoms with E-state index in [9.17, 15) is 4.79 Å². The monoisotopic (exact) mass is 329 g/mol. The molecule has 0 aromatic carbocycles. The predicted molar refractivity (Wildman–Crippen MR) is 91.1 cm³/mol. The molecule has 0 aliphatic carbocycles. The Labute approximate surface area is 139 Å². The molecule has 2 aromatic heterocycles. The first-order valence-electron chi connectivity index (χ1n) is 7.80. The molecule has 5 heterocycles. The molecule has 0 spiro atoms. The molecule has 3 fully saturated rings. The number of piperazine rings is 1. The molecule has 2 amide bonds. The first-order valence-corrected chi connectivity index (χ1v) is 8.68. The summed E-state index contributed by atoms with van der Waals surface area (Å²) >= 11 is 1.55. The standard InChI is InChI=1S/C16H19N5OS/c1-10-6-14(18-11(2)17-10)20-8-12-7-13(9-20)21(12)16(22)19-15-4-3-5-23-15/h3-6,12-13H,7-9H2,1-2H3,(H,19,22). The Hall–Kier alpha value is -2.15. The lowest BCUT2D eigenvalue weighted by atomic mass is 9.88. The first kappa shape index (κ1) is 14.4. The number of carbonyl (C=O) groups excluding carboxylic acids is 1. The fourth-order valence-electron chi connectivity index (χ4n) is 3.51. The molecule has 3 saturated heterocycles. The number of urea groups is 1. The van der Waals surface area contributed by atoms with Gasteiger partial charge >= 0.3 is 6.03 Å². The first-order chi connectivity index (χ1) is 11.1. The minimum absolute atomic E-state index is 0.0170. The number of carbonyl (C=O) groups is 1. The highest BCUT2D eigenvalue weighted by Crippen LogP contribution is 2.35. The fourth-order valence-corrected chi connectivity index (χ4v) is 4.11. The molecule has 1 N–H and O–H groups in total. The van der Waals surface area contributed by atoms with E-state index < -0.39 is 0 Å². The number of nitrogens with one attached hydrogen (secondary N) is 1. The van der Waals surface area contributed by atoms with Gasteiger partial charge in [-0.2, -0.15) is 0 Å². The van der Waals surface area contributed by atoms with Crippen LogP contribution in [0.2, 0.25) is 0 Å². The predicted octanol–water partition coefficient (Wildman–Crippen LogP) is 2.65. The van der Waals surface area contributed by atoms with Crippen LogP contribution in [0.5, 0.6) is 0 Å². The van der Waals surface area contributed by atoms with Gasteiger partial charge in [0.2, 0.25) is 0 Å². The Kier molecular flexibility index (Phi) is 3.45. The number of piperidine rings is 1. The smallest absolute Gasteiger partial charge is 0.323 e. The Morgan fingerprint density at radius 1 is 1.30 bits per heavy atom. The van der Waals surface area contributed by atoms with Crippen LogP contribution in [-0.4, -0.2) is 46.1 Å². The molecule has 23 heavy (non-hydrogen) atoms. The maximum absolute atomic E-state index is 12.4. The summed E-state index contributed by atoms with van der Waals surface area (Å²) in [6.07, 6.45) is 1.08. The lowest BCUT2D eigenvalue weighted by Crippen LogP contribution is -2.71. The third-order valence-corrected chi connectivity index (χ3v) is 5.24. The van der Waals surface area contributed by atoms with Gasteiger partial charge in [0.25, 0.3) is 0 Å². The zero-order valence-electron chi connectivity index (χ0n) is 13.2. The van der Waals surface area contributed by atoms with Gasteiger partial charge in [-0.3, -0.25) is 5.32 Å². The molecule has 2 bridgehead atoms. The Morgan fingerprint density at radius 3 is 2.74 bits per heavy atom. The summed E-state index contributed by atoms with van der Waals surface area (Å²) in [7, 11) is 0. The van der Waals surface area contributed by atoms with Crippen LogP contribution in [0.15, 0.2) is 23.6 Å². The van der Waals surface area contributed by atoms with Crippen LogP contribution in [0.3, 0.4) is 0 Å². The van der Waals surface area contributed by atoms with E-state index >= 15 is 0 Å². The van der Waals surface area contributed by atoms with E-state index in [4.69, 9.17) is 0 Å². The minimum Gasteiger partial charge on any atom is -0.352 e. The van der Waals surface area contributed by atoms with Crippen LogP contribution in [-0.2, 0) is 0 Å². The molecule has 2 aromatic rings. The van der Waals surface area contributed by atoms with Crippen molar-refractivity contribution < 1.29 is 4.79 Å². The van der Waals surface area contributed by atoms with Gasteiger partial charge in [-0.05, 0) is 37.8 Å². The summed E-state index contributed by atoms with van der Waals surface area (Å²) in [4.78, 5) is 25.6. The number of thiophene rings is 1. The number of aromatic nitrogens is 2. The van der Waals surface area contributed by atoms with E-state index in [1.54, 1.807) is 11.3 Å². The maximum atomic E-state index is 12.4. The highest BCUT2D eigenvalue weighted by atomic mass is 32.1. The number of hydrogen-bond donors (Lipinski definition) is 1. The molecule has 0 radical (unpaired) electrons. The van der Waals surface area contributed by atoms with Crippen LogP contribution in [0, 0.1) is 13.8 Å². The average molecular weight is 329 g/mol. The van der Waals surface area contributed by atoms with Crippen molar-refractivity contribution >= 4 is 28.2 Å². The second-order valence-corrected chi connectivity index (χ2v) is 7.13. The van der Waals surface area contributed by atoms with Crippen molar-refractivity contribution in [3.8, 4) is 0 Å². The molecular formula is C16H19N5OS. The van der Waals surface area contributed by atoms with Gasteiger partial charge in [-0.1, -0.05) is 0 Å². The summed E-state index contributed by atoms with van der Waals surface area (Å²) in [5.74, 6) is 1.77.